The topological polar surface area (TPSA) is 21.3 Å². The number of ether oxygens (including phenoxy) is 1. The van der Waals surface area contributed by atoms with Gasteiger partial charge in [-0.2, -0.15) is 0 Å². The molecule has 2 heteroatoms. The molecule has 0 aliphatic rings. The van der Waals surface area contributed by atoms with Crippen LogP contribution in [0.2, 0.25) is 0 Å². The first-order valence-corrected chi connectivity index (χ1v) is 5.48. The number of hydrogen-bond donors (Lipinski definition) is 1. The van der Waals surface area contributed by atoms with Crippen molar-refractivity contribution in [1.82, 2.24) is 5.32 Å². The van der Waals surface area contributed by atoms with Gasteiger partial charge in [0.25, 0.3) is 0 Å². The van der Waals surface area contributed by atoms with Crippen LogP contribution in [-0.2, 0) is 4.74 Å². The van der Waals surface area contributed by atoms with Crippen molar-refractivity contribution in [2.45, 2.75) is 52.2 Å². The number of nitrogens with one attached hydrogen (secondary N) is 1. The van der Waals surface area contributed by atoms with Crippen molar-refractivity contribution >= 4 is 0 Å². The highest BCUT2D eigenvalue weighted by Gasteiger charge is 2.17. The fourth-order valence-electron chi connectivity index (χ4n) is 1.60. The molecule has 1 N–H and O–H groups in total. The van der Waals surface area contributed by atoms with E-state index in [1.54, 1.807) is 0 Å². The Hall–Kier alpha value is -0.520. The van der Waals surface area contributed by atoms with E-state index in [4.69, 9.17) is 4.74 Å². The lowest BCUT2D eigenvalue weighted by Crippen LogP contribution is -2.39. The van der Waals surface area contributed by atoms with Crippen molar-refractivity contribution in [1.29, 1.82) is 0 Å². The Morgan fingerprint density at radius 1 is 1.36 bits per heavy atom. The van der Waals surface area contributed by atoms with Crippen LogP contribution in [0.15, 0.2) is 0 Å². The Labute approximate surface area is 88.4 Å². The number of rotatable bonds is 7. The van der Waals surface area contributed by atoms with Gasteiger partial charge < -0.3 is 10.1 Å². The SMILES string of the molecule is CC#CCCC(NC)C(CC)OCC. The summed E-state index contributed by atoms with van der Waals surface area (Å²) in [6.45, 7) is 6.88. The van der Waals surface area contributed by atoms with Crippen molar-refractivity contribution in [3.63, 3.8) is 0 Å². The average molecular weight is 197 g/mol. The van der Waals surface area contributed by atoms with Gasteiger partial charge in [-0.3, -0.25) is 0 Å². The smallest absolute Gasteiger partial charge is 0.0725 e. The van der Waals surface area contributed by atoms with Crippen LogP contribution in [0.1, 0.15) is 40.0 Å². The van der Waals surface area contributed by atoms with Gasteiger partial charge in [-0.15, -0.1) is 11.8 Å². The van der Waals surface area contributed by atoms with Crippen LogP contribution in [0, 0.1) is 11.8 Å². The van der Waals surface area contributed by atoms with Gasteiger partial charge in [0, 0.05) is 19.1 Å². The molecule has 0 heterocycles. The van der Waals surface area contributed by atoms with Gasteiger partial charge in [-0.25, -0.2) is 0 Å². The Balaban J connectivity index is 3.97. The standard InChI is InChI=1S/C12H23NO/c1-5-8-9-10-11(13-4)12(6-2)14-7-3/h11-13H,6-7,9-10H2,1-4H3. The van der Waals surface area contributed by atoms with Crippen molar-refractivity contribution in [3.05, 3.63) is 0 Å². The summed E-state index contributed by atoms with van der Waals surface area (Å²) in [6.07, 6.45) is 3.39. The molecular formula is C12H23NO. The summed E-state index contributed by atoms with van der Waals surface area (Å²) < 4.78 is 5.66. The molecule has 0 aliphatic heterocycles. The molecule has 0 saturated heterocycles. The maximum Gasteiger partial charge on any atom is 0.0725 e. The highest BCUT2D eigenvalue weighted by Crippen LogP contribution is 2.09. The van der Waals surface area contributed by atoms with Crippen molar-refractivity contribution in [2.24, 2.45) is 0 Å². The molecule has 0 spiro atoms. The van der Waals surface area contributed by atoms with Crippen LogP contribution in [-0.4, -0.2) is 25.8 Å². The third-order valence-corrected chi connectivity index (χ3v) is 2.36. The molecule has 0 bridgehead atoms. The predicted octanol–water partition coefficient (Wildman–Crippen LogP) is 2.19. The van der Waals surface area contributed by atoms with Gasteiger partial charge in [0.15, 0.2) is 0 Å². The molecular weight excluding hydrogens is 174 g/mol. The molecule has 0 aromatic rings. The van der Waals surface area contributed by atoms with Gasteiger partial charge in [-0.1, -0.05) is 6.92 Å². The van der Waals surface area contributed by atoms with Crippen LogP contribution in [0.25, 0.3) is 0 Å². The summed E-state index contributed by atoms with van der Waals surface area (Å²) in [4.78, 5) is 0. The lowest BCUT2D eigenvalue weighted by Gasteiger charge is -2.25. The Bertz CT molecular complexity index is 180. The van der Waals surface area contributed by atoms with Crippen molar-refractivity contribution < 1.29 is 4.74 Å². The maximum absolute atomic E-state index is 5.66. The van der Waals surface area contributed by atoms with Gasteiger partial charge >= 0.3 is 0 Å². The summed E-state index contributed by atoms with van der Waals surface area (Å²) >= 11 is 0. The van der Waals surface area contributed by atoms with E-state index in [-0.39, 0.29) is 0 Å². The molecule has 2 nitrogen and oxygen atoms in total. The van der Waals surface area contributed by atoms with E-state index in [0.717, 1.165) is 25.9 Å². The lowest BCUT2D eigenvalue weighted by molar-refractivity contribution is 0.0320. The highest BCUT2D eigenvalue weighted by atomic mass is 16.5. The summed E-state index contributed by atoms with van der Waals surface area (Å²) in [6, 6.07) is 0.431. The van der Waals surface area contributed by atoms with Crippen LogP contribution in [0.4, 0.5) is 0 Å². The molecule has 0 amide bonds. The average Bonchev–Trinajstić information content (AvgIpc) is 2.22. The quantitative estimate of drug-likeness (QED) is 0.632. The fraction of sp³-hybridized carbons (Fsp3) is 0.833. The summed E-state index contributed by atoms with van der Waals surface area (Å²) in [5.74, 6) is 6.01. The van der Waals surface area contributed by atoms with Crippen LogP contribution >= 0.6 is 0 Å². The molecule has 0 aromatic heterocycles. The molecule has 0 fully saturated rings. The second-order valence-electron chi connectivity index (χ2n) is 3.26. The molecule has 0 aromatic carbocycles. The second-order valence-corrected chi connectivity index (χ2v) is 3.26. The molecule has 0 radical (unpaired) electrons. The second kappa shape index (κ2) is 9.05. The van der Waals surface area contributed by atoms with Gasteiger partial charge in [0.2, 0.25) is 0 Å². The monoisotopic (exact) mass is 197 g/mol. The van der Waals surface area contributed by atoms with Crippen LogP contribution in [0.5, 0.6) is 0 Å². The summed E-state index contributed by atoms with van der Waals surface area (Å²) in [7, 11) is 1.99. The first-order chi connectivity index (χ1) is 6.79. The number of likely N-dealkylation sites (N-methyl/N-ethyl adjacent to an activating group) is 1. The van der Waals surface area contributed by atoms with Crippen molar-refractivity contribution in [2.75, 3.05) is 13.7 Å². The van der Waals surface area contributed by atoms with E-state index < -0.39 is 0 Å². The Morgan fingerprint density at radius 2 is 2.07 bits per heavy atom. The molecule has 14 heavy (non-hydrogen) atoms. The van der Waals surface area contributed by atoms with E-state index >= 15 is 0 Å². The summed E-state index contributed by atoms with van der Waals surface area (Å²) in [5.41, 5.74) is 0. The van der Waals surface area contributed by atoms with E-state index in [9.17, 15) is 0 Å². The highest BCUT2D eigenvalue weighted by molar-refractivity contribution is 4.96. The molecule has 0 saturated carbocycles. The van der Waals surface area contributed by atoms with Crippen LogP contribution in [0.3, 0.4) is 0 Å². The molecule has 2 atom stereocenters. The first kappa shape index (κ1) is 13.5. The zero-order valence-corrected chi connectivity index (χ0v) is 9.89. The Morgan fingerprint density at radius 3 is 2.50 bits per heavy atom. The summed E-state index contributed by atoms with van der Waals surface area (Å²) in [5, 5.41) is 3.30. The fourth-order valence-corrected chi connectivity index (χ4v) is 1.60. The minimum Gasteiger partial charge on any atom is -0.377 e. The van der Waals surface area contributed by atoms with Gasteiger partial charge in [-0.05, 0) is 33.7 Å². The van der Waals surface area contributed by atoms with E-state index in [1.165, 1.54) is 0 Å². The number of hydrogen-bond acceptors (Lipinski definition) is 2. The minimum atomic E-state index is 0.323. The minimum absolute atomic E-state index is 0.323. The maximum atomic E-state index is 5.66. The predicted molar refractivity (Wildman–Crippen MR) is 61.2 cm³/mol. The first-order valence-electron chi connectivity index (χ1n) is 5.48. The zero-order valence-electron chi connectivity index (χ0n) is 9.89. The molecule has 82 valence electrons. The normalized spacial score (nSPS) is 14.3. The van der Waals surface area contributed by atoms with E-state index in [1.807, 2.05) is 20.9 Å². The molecule has 2 unspecified atom stereocenters. The van der Waals surface area contributed by atoms with Crippen LogP contribution < -0.4 is 5.32 Å². The Kier molecular flexibility index (Phi) is 8.72. The van der Waals surface area contributed by atoms with E-state index in [2.05, 4.69) is 24.1 Å². The largest absolute Gasteiger partial charge is 0.377 e. The van der Waals surface area contributed by atoms with E-state index in [0.29, 0.717) is 12.1 Å². The molecule has 0 rings (SSSR count). The third kappa shape index (κ3) is 5.26. The van der Waals surface area contributed by atoms with Gasteiger partial charge in [0.1, 0.15) is 0 Å². The molecule has 0 aliphatic carbocycles. The zero-order chi connectivity index (χ0) is 10.8. The van der Waals surface area contributed by atoms with Crippen molar-refractivity contribution in [3.8, 4) is 11.8 Å². The van der Waals surface area contributed by atoms with Gasteiger partial charge in [0.05, 0.1) is 6.10 Å². The third-order valence-electron chi connectivity index (χ3n) is 2.36. The lowest BCUT2D eigenvalue weighted by atomic mass is 10.0.